The van der Waals surface area contributed by atoms with Gasteiger partial charge in [-0.3, -0.25) is 0 Å². The van der Waals surface area contributed by atoms with Crippen LogP contribution in [0.4, 0.5) is 0 Å². The highest BCUT2D eigenvalue weighted by molar-refractivity contribution is 9.11. The highest BCUT2D eigenvalue weighted by Crippen LogP contribution is 2.36. The van der Waals surface area contributed by atoms with Crippen LogP contribution in [0.5, 0.6) is 0 Å². The molecule has 0 amide bonds. The molecule has 0 saturated carbocycles. The van der Waals surface area contributed by atoms with E-state index in [9.17, 15) is 0 Å². The summed E-state index contributed by atoms with van der Waals surface area (Å²) in [5.41, 5.74) is 0.282. The molecule has 0 heterocycles. The Bertz CT molecular complexity index is 662. The van der Waals surface area contributed by atoms with Gasteiger partial charge in [0.1, 0.15) is 0 Å². The molecule has 0 aromatic heterocycles. The van der Waals surface area contributed by atoms with Gasteiger partial charge in [-0.05, 0) is 41.0 Å². The van der Waals surface area contributed by atoms with E-state index in [1.165, 1.54) is 23.2 Å². The van der Waals surface area contributed by atoms with Gasteiger partial charge in [-0.25, -0.2) is 0 Å². The topological polar surface area (TPSA) is 9.23 Å². The van der Waals surface area contributed by atoms with Crippen molar-refractivity contribution in [2.24, 2.45) is 11.3 Å². The molecule has 0 radical (unpaired) electrons. The van der Waals surface area contributed by atoms with E-state index >= 15 is 0 Å². The van der Waals surface area contributed by atoms with Gasteiger partial charge in [0, 0.05) is 9.81 Å². The smallest absolute Gasteiger partial charge is 0.298 e. The molecule has 162 valence electrons. The van der Waals surface area contributed by atoms with E-state index in [1.54, 1.807) is 0 Å². The maximum absolute atomic E-state index is 6.41. The fourth-order valence-corrected chi connectivity index (χ4v) is 6.36. The predicted molar refractivity (Wildman–Crippen MR) is 149 cm³/mol. The summed E-state index contributed by atoms with van der Waals surface area (Å²) in [5.74, 6) is 0.623. The molecule has 0 saturated heterocycles. The second-order valence-corrected chi connectivity index (χ2v) is 12.2. The molecule has 0 aliphatic carbocycles. The van der Waals surface area contributed by atoms with E-state index in [1.807, 2.05) is 6.26 Å². The monoisotopic (exact) mass is 668 g/mol. The van der Waals surface area contributed by atoms with Gasteiger partial charge in [-0.2, -0.15) is 0 Å². The first-order valence-corrected chi connectivity index (χ1v) is 13.1. The molecule has 0 aliphatic rings. The molecule has 6 heteroatoms. The highest BCUT2D eigenvalue weighted by atomic mass is 79.9. The molecular formula is C23H32Br4OSi. The number of rotatable bonds is 9. The summed E-state index contributed by atoms with van der Waals surface area (Å²) in [7, 11) is -1.73. The SMILES string of the molecule is Br.Br.CC(C)(C)C(CCCBr)CC(Br)=CO[SiH](c1ccccc1)c1ccccc1. The lowest BCUT2D eigenvalue weighted by molar-refractivity contribution is 0.225. The van der Waals surface area contributed by atoms with Gasteiger partial charge in [0.15, 0.2) is 0 Å². The first kappa shape index (κ1) is 29.1. The Kier molecular flexibility index (Phi) is 15.1. The maximum atomic E-state index is 6.41. The number of benzene rings is 2. The van der Waals surface area contributed by atoms with E-state index in [2.05, 4.69) is 113 Å². The average Bonchev–Trinajstić information content (AvgIpc) is 2.66. The lowest BCUT2D eigenvalue weighted by Crippen LogP contribution is -2.43. The minimum Gasteiger partial charge on any atom is -0.542 e. The zero-order valence-electron chi connectivity index (χ0n) is 17.3. The summed E-state index contributed by atoms with van der Waals surface area (Å²) < 4.78 is 7.57. The molecule has 0 aliphatic heterocycles. The van der Waals surface area contributed by atoms with Crippen molar-refractivity contribution in [1.82, 2.24) is 0 Å². The minimum atomic E-state index is -1.73. The van der Waals surface area contributed by atoms with Crippen molar-refractivity contribution in [3.8, 4) is 0 Å². The van der Waals surface area contributed by atoms with Crippen molar-refractivity contribution < 1.29 is 4.43 Å². The largest absolute Gasteiger partial charge is 0.542 e. The quantitative estimate of drug-likeness (QED) is 0.156. The molecule has 1 atom stereocenters. The van der Waals surface area contributed by atoms with Gasteiger partial charge in [-0.1, -0.05) is 113 Å². The van der Waals surface area contributed by atoms with E-state index in [0.29, 0.717) is 5.92 Å². The van der Waals surface area contributed by atoms with Crippen LogP contribution in [-0.2, 0) is 4.43 Å². The Hall–Kier alpha value is 0.117. The summed E-state index contributed by atoms with van der Waals surface area (Å²) in [6.45, 7) is 7.00. The van der Waals surface area contributed by atoms with Gasteiger partial charge < -0.3 is 4.43 Å². The van der Waals surface area contributed by atoms with Crippen LogP contribution in [0, 0.1) is 11.3 Å². The van der Waals surface area contributed by atoms with Gasteiger partial charge in [0.2, 0.25) is 0 Å². The Labute approximate surface area is 216 Å². The minimum absolute atomic E-state index is 0. The average molecular weight is 672 g/mol. The lowest BCUT2D eigenvalue weighted by Gasteiger charge is -2.31. The van der Waals surface area contributed by atoms with Crippen LogP contribution in [0.25, 0.3) is 0 Å². The van der Waals surface area contributed by atoms with Crippen molar-refractivity contribution in [2.45, 2.75) is 40.0 Å². The maximum Gasteiger partial charge on any atom is 0.298 e. The molecule has 1 unspecified atom stereocenters. The molecule has 2 aromatic carbocycles. The summed E-state index contributed by atoms with van der Waals surface area (Å²) in [6, 6.07) is 21.2. The Morgan fingerprint density at radius 1 is 0.966 bits per heavy atom. The molecule has 2 rings (SSSR count). The molecule has 0 fully saturated rings. The van der Waals surface area contributed by atoms with Gasteiger partial charge >= 0.3 is 0 Å². The van der Waals surface area contributed by atoms with Crippen molar-refractivity contribution >= 4 is 85.2 Å². The summed E-state index contributed by atoms with van der Waals surface area (Å²) >= 11 is 7.35. The standard InChI is InChI=1S/C23H30Br2OSi.2BrH/c1-23(2,3)19(11-10-16-24)17-20(25)18-26-27(21-12-6-4-7-13-21)22-14-8-5-9-15-22;;/h4-9,12-15,18-19,27H,10-11,16-17H2,1-3H3;2*1H. The van der Waals surface area contributed by atoms with E-state index in [-0.39, 0.29) is 39.4 Å². The molecule has 2 aromatic rings. The predicted octanol–water partition coefficient (Wildman–Crippen LogP) is 7.16. The van der Waals surface area contributed by atoms with E-state index in [0.717, 1.165) is 16.2 Å². The second-order valence-electron chi connectivity index (χ2n) is 8.00. The molecule has 0 N–H and O–H groups in total. The third kappa shape index (κ3) is 10.3. The van der Waals surface area contributed by atoms with Gasteiger partial charge in [0.25, 0.3) is 9.04 Å². The first-order chi connectivity index (χ1) is 12.9. The molecule has 0 spiro atoms. The zero-order chi connectivity index (χ0) is 19.7. The van der Waals surface area contributed by atoms with Crippen LogP contribution >= 0.6 is 65.8 Å². The van der Waals surface area contributed by atoms with Crippen molar-refractivity contribution in [3.05, 3.63) is 71.4 Å². The second kappa shape index (κ2) is 15.0. The Balaban J connectivity index is 0.00000392. The fourth-order valence-electron chi connectivity index (χ4n) is 3.20. The van der Waals surface area contributed by atoms with Crippen molar-refractivity contribution in [2.75, 3.05) is 5.33 Å². The van der Waals surface area contributed by atoms with Crippen LogP contribution in [0.15, 0.2) is 71.4 Å². The van der Waals surface area contributed by atoms with E-state index < -0.39 is 9.04 Å². The highest BCUT2D eigenvalue weighted by Gasteiger charge is 2.25. The molecule has 29 heavy (non-hydrogen) atoms. The third-order valence-electron chi connectivity index (χ3n) is 4.89. The first-order valence-electron chi connectivity index (χ1n) is 9.57. The third-order valence-corrected chi connectivity index (χ3v) is 8.35. The van der Waals surface area contributed by atoms with Crippen molar-refractivity contribution in [1.29, 1.82) is 0 Å². The number of hydrogen-bond acceptors (Lipinski definition) is 1. The fraction of sp³-hybridized carbons (Fsp3) is 0.391. The Morgan fingerprint density at radius 3 is 1.86 bits per heavy atom. The van der Waals surface area contributed by atoms with Gasteiger partial charge in [-0.15, -0.1) is 34.0 Å². The van der Waals surface area contributed by atoms with Crippen molar-refractivity contribution in [3.63, 3.8) is 0 Å². The summed E-state index contributed by atoms with van der Waals surface area (Å²) in [6.07, 6.45) is 5.40. The van der Waals surface area contributed by atoms with Crippen LogP contribution in [0.3, 0.4) is 0 Å². The van der Waals surface area contributed by atoms with Crippen LogP contribution in [-0.4, -0.2) is 14.4 Å². The van der Waals surface area contributed by atoms with Crippen LogP contribution < -0.4 is 10.4 Å². The molecule has 1 nitrogen and oxygen atoms in total. The number of halogens is 4. The van der Waals surface area contributed by atoms with Gasteiger partial charge in [0.05, 0.1) is 6.26 Å². The Morgan fingerprint density at radius 2 is 1.45 bits per heavy atom. The molecular weight excluding hydrogens is 640 g/mol. The normalized spacial score (nSPS) is 12.7. The number of alkyl halides is 1. The van der Waals surface area contributed by atoms with E-state index in [4.69, 9.17) is 4.43 Å². The summed E-state index contributed by atoms with van der Waals surface area (Å²) in [4.78, 5) is 0. The van der Waals surface area contributed by atoms with Crippen LogP contribution in [0.2, 0.25) is 0 Å². The zero-order valence-corrected chi connectivity index (χ0v) is 25.1. The summed E-state index contributed by atoms with van der Waals surface area (Å²) in [5, 5.41) is 3.66. The number of allylic oxidation sites excluding steroid dienone is 1. The number of hydrogen-bond donors (Lipinski definition) is 0. The lowest BCUT2D eigenvalue weighted by atomic mass is 9.76. The van der Waals surface area contributed by atoms with Crippen LogP contribution in [0.1, 0.15) is 40.0 Å². The molecule has 0 bridgehead atoms.